The van der Waals surface area contributed by atoms with Gasteiger partial charge in [0.1, 0.15) is 0 Å². The van der Waals surface area contributed by atoms with Crippen LogP contribution in [0.1, 0.15) is 23.7 Å². The lowest BCUT2D eigenvalue weighted by Gasteiger charge is -2.38. The van der Waals surface area contributed by atoms with Crippen molar-refractivity contribution in [2.45, 2.75) is 25.7 Å². The number of anilines is 1. The van der Waals surface area contributed by atoms with Crippen LogP contribution in [-0.4, -0.2) is 27.7 Å². The van der Waals surface area contributed by atoms with Crippen molar-refractivity contribution < 1.29 is 18.3 Å². The third kappa shape index (κ3) is 3.31. The number of hydrogen-bond acceptors (Lipinski definition) is 5. The molecular weight excluding hydrogens is 369 g/mol. The Morgan fingerprint density at radius 1 is 1.21 bits per heavy atom. The lowest BCUT2D eigenvalue weighted by atomic mass is 10.0. The molecular formula is C20H19F3N4O. The predicted molar refractivity (Wildman–Crippen MR) is 99.4 cm³/mol. The van der Waals surface area contributed by atoms with Crippen LogP contribution in [0.4, 0.5) is 18.9 Å². The predicted octanol–water partition coefficient (Wildman–Crippen LogP) is 3.50. The van der Waals surface area contributed by atoms with Gasteiger partial charge in [0.15, 0.2) is 0 Å². The molecule has 0 saturated heterocycles. The smallest absolute Gasteiger partial charge is 0.390 e. The van der Waals surface area contributed by atoms with Gasteiger partial charge in [0.25, 0.3) is 0 Å². The van der Waals surface area contributed by atoms with Crippen LogP contribution in [0.15, 0.2) is 60.7 Å². The summed E-state index contributed by atoms with van der Waals surface area (Å²) in [5.74, 6) is 0. The van der Waals surface area contributed by atoms with Crippen molar-refractivity contribution in [1.82, 2.24) is 15.4 Å². The Morgan fingerprint density at radius 3 is 2.64 bits per heavy atom. The van der Waals surface area contributed by atoms with Gasteiger partial charge in [-0.25, -0.2) is 0 Å². The van der Waals surface area contributed by atoms with Gasteiger partial charge in [0.2, 0.25) is 0 Å². The van der Waals surface area contributed by atoms with Gasteiger partial charge in [0.05, 0.1) is 29.6 Å². The molecule has 0 fully saturated rings. The summed E-state index contributed by atoms with van der Waals surface area (Å²) in [6.45, 7) is 2.52. The van der Waals surface area contributed by atoms with Crippen molar-refractivity contribution in [2.24, 2.45) is 0 Å². The van der Waals surface area contributed by atoms with E-state index in [0.717, 1.165) is 29.0 Å². The van der Waals surface area contributed by atoms with E-state index in [1.807, 2.05) is 41.4 Å². The summed E-state index contributed by atoms with van der Waals surface area (Å²) >= 11 is 0. The Kier molecular flexibility index (Phi) is 4.50. The number of nitrogens with one attached hydrogen (secondary N) is 1. The SMILES string of the molecule is C[C@H]1CN(c2ccc(C(F)(F)F)cc2)C=C2C(c3ccnc(CO)c3)=CNN21. The van der Waals surface area contributed by atoms with Crippen molar-refractivity contribution in [3.8, 4) is 0 Å². The molecule has 2 aliphatic rings. The highest BCUT2D eigenvalue weighted by atomic mass is 19.4. The topological polar surface area (TPSA) is 51.6 Å². The van der Waals surface area contributed by atoms with E-state index in [4.69, 9.17) is 0 Å². The van der Waals surface area contributed by atoms with Crippen LogP contribution in [0.3, 0.4) is 0 Å². The second-order valence-electron chi connectivity index (χ2n) is 6.81. The fourth-order valence-corrected chi connectivity index (χ4v) is 3.46. The van der Waals surface area contributed by atoms with Crippen LogP contribution in [0.25, 0.3) is 5.57 Å². The van der Waals surface area contributed by atoms with E-state index in [-0.39, 0.29) is 12.6 Å². The largest absolute Gasteiger partial charge is 0.416 e. The zero-order chi connectivity index (χ0) is 19.9. The van der Waals surface area contributed by atoms with Crippen LogP contribution in [-0.2, 0) is 12.8 Å². The molecule has 2 N–H and O–H groups in total. The highest BCUT2D eigenvalue weighted by Gasteiger charge is 2.33. The molecule has 28 heavy (non-hydrogen) atoms. The maximum atomic E-state index is 12.8. The van der Waals surface area contributed by atoms with E-state index in [2.05, 4.69) is 10.4 Å². The van der Waals surface area contributed by atoms with E-state index < -0.39 is 11.7 Å². The Bertz CT molecular complexity index is 937. The van der Waals surface area contributed by atoms with E-state index in [1.165, 1.54) is 12.1 Å². The molecule has 2 aromatic rings. The number of benzene rings is 1. The fraction of sp³-hybridized carbons (Fsp3) is 0.250. The van der Waals surface area contributed by atoms with Gasteiger partial charge in [-0.1, -0.05) is 0 Å². The summed E-state index contributed by atoms with van der Waals surface area (Å²) in [7, 11) is 0. The van der Waals surface area contributed by atoms with Gasteiger partial charge in [0, 0.05) is 36.4 Å². The molecule has 5 nitrogen and oxygen atoms in total. The number of hydrazine groups is 1. The average molecular weight is 388 g/mol. The molecule has 0 bridgehead atoms. The Hall–Kier alpha value is -3.00. The second-order valence-corrected chi connectivity index (χ2v) is 6.81. The number of pyridine rings is 1. The molecule has 0 spiro atoms. The van der Waals surface area contributed by atoms with Gasteiger partial charge in [-0.05, 0) is 48.9 Å². The van der Waals surface area contributed by atoms with E-state index in [9.17, 15) is 18.3 Å². The van der Waals surface area contributed by atoms with Gasteiger partial charge in [-0.2, -0.15) is 13.2 Å². The number of halogens is 3. The molecule has 0 unspecified atom stereocenters. The van der Waals surface area contributed by atoms with E-state index in [1.54, 1.807) is 6.20 Å². The lowest BCUT2D eigenvalue weighted by molar-refractivity contribution is -0.137. The van der Waals surface area contributed by atoms with Crippen molar-refractivity contribution >= 4 is 11.3 Å². The minimum atomic E-state index is -4.35. The van der Waals surface area contributed by atoms with Gasteiger partial charge < -0.3 is 15.4 Å². The summed E-state index contributed by atoms with van der Waals surface area (Å²) in [4.78, 5) is 6.06. The number of alkyl halides is 3. The van der Waals surface area contributed by atoms with Crippen LogP contribution < -0.4 is 10.3 Å². The van der Waals surface area contributed by atoms with Crippen molar-refractivity contribution in [3.63, 3.8) is 0 Å². The first-order valence-electron chi connectivity index (χ1n) is 8.84. The molecule has 8 heteroatoms. The first-order valence-corrected chi connectivity index (χ1v) is 8.84. The van der Waals surface area contributed by atoms with Crippen LogP contribution in [0.5, 0.6) is 0 Å². The molecule has 1 atom stereocenters. The zero-order valence-corrected chi connectivity index (χ0v) is 15.1. The molecule has 0 saturated carbocycles. The third-order valence-corrected chi connectivity index (χ3v) is 4.88. The Morgan fingerprint density at radius 2 is 1.96 bits per heavy atom. The molecule has 2 aliphatic heterocycles. The van der Waals surface area contributed by atoms with Crippen LogP contribution in [0.2, 0.25) is 0 Å². The first-order chi connectivity index (χ1) is 13.4. The van der Waals surface area contributed by atoms with Gasteiger partial charge in [-0.15, -0.1) is 0 Å². The quantitative estimate of drug-likeness (QED) is 0.843. The van der Waals surface area contributed by atoms with Crippen molar-refractivity contribution in [1.29, 1.82) is 0 Å². The molecule has 4 rings (SSSR count). The zero-order valence-electron chi connectivity index (χ0n) is 15.1. The molecule has 0 radical (unpaired) electrons. The standard InChI is InChI=1S/C20H19F3N4O/c1-13-10-26(17-4-2-15(3-5-17)20(21,22)23)11-19-18(9-25-27(13)19)14-6-7-24-16(8-14)12-28/h2-9,11,13,25,28H,10,12H2,1H3/t13-/m0/s1. The summed E-state index contributed by atoms with van der Waals surface area (Å²) in [6, 6.07) is 8.96. The number of hydrogen-bond donors (Lipinski definition) is 2. The minimum absolute atomic E-state index is 0.0928. The number of aromatic nitrogens is 1. The Labute approximate surface area is 160 Å². The third-order valence-electron chi connectivity index (χ3n) is 4.88. The monoisotopic (exact) mass is 388 g/mol. The Balaban J connectivity index is 1.67. The second kappa shape index (κ2) is 6.87. The molecule has 1 aromatic carbocycles. The highest BCUT2D eigenvalue weighted by molar-refractivity contribution is 5.81. The number of fused-ring (bicyclic) bond motifs is 1. The summed E-state index contributed by atoms with van der Waals surface area (Å²) in [5, 5.41) is 11.4. The first kappa shape index (κ1) is 18.4. The number of rotatable bonds is 3. The summed E-state index contributed by atoms with van der Waals surface area (Å²) < 4.78 is 38.5. The average Bonchev–Trinajstić information content (AvgIpc) is 3.12. The summed E-state index contributed by atoms with van der Waals surface area (Å²) in [5.41, 5.74) is 6.59. The normalized spacial score (nSPS) is 19.1. The van der Waals surface area contributed by atoms with Crippen LogP contribution in [0, 0.1) is 0 Å². The minimum Gasteiger partial charge on any atom is -0.390 e. The fourth-order valence-electron chi connectivity index (χ4n) is 3.46. The maximum Gasteiger partial charge on any atom is 0.416 e. The van der Waals surface area contributed by atoms with Crippen molar-refractivity contribution in [3.05, 3.63) is 77.5 Å². The molecule has 1 aromatic heterocycles. The molecule has 0 amide bonds. The van der Waals surface area contributed by atoms with Crippen LogP contribution >= 0.6 is 0 Å². The molecule has 146 valence electrons. The maximum absolute atomic E-state index is 12.8. The number of aliphatic hydroxyl groups is 1. The lowest BCUT2D eigenvalue weighted by Crippen LogP contribution is -2.47. The summed E-state index contributed by atoms with van der Waals surface area (Å²) in [6.07, 6.45) is 1.10. The van der Waals surface area contributed by atoms with E-state index >= 15 is 0 Å². The number of allylic oxidation sites excluding steroid dienone is 1. The van der Waals surface area contributed by atoms with Gasteiger partial charge >= 0.3 is 6.18 Å². The van der Waals surface area contributed by atoms with Gasteiger partial charge in [-0.3, -0.25) is 9.99 Å². The highest BCUT2D eigenvalue weighted by Crippen LogP contribution is 2.36. The van der Waals surface area contributed by atoms with Crippen molar-refractivity contribution in [2.75, 3.05) is 11.4 Å². The van der Waals surface area contributed by atoms with E-state index in [0.29, 0.717) is 17.9 Å². The number of nitrogens with zero attached hydrogens (tertiary/aromatic N) is 3. The molecule has 3 heterocycles. The molecule has 0 aliphatic carbocycles. The number of aliphatic hydroxyl groups excluding tert-OH is 1.